The number of nitrogens with one attached hydrogen (secondary N) is 3. The molecule has 0 unspecified atom stereocenters. The van der Waals surface area contributed by atoms with Gasteiger partial charge >= 0.3 is 6.18 Å². The monoisotopic (exact) mass is 601 g/mol. The second-order valence-corrected chi connectivity index (χ2v) is 11.6. The Morgan fingerprint density at radius 2 is 1.85 bits per heavy atom. The van der Waals surface area contributed by atoms with E-state index in [0.717, 1.165) is 31.4 Å². The number of halogens is 4. The van der Waals surface area contributed by atoms with Crippen molar-refractivity contribution in [3.05, 3.63) is 29.7 Å². The van der Waals surface area contributed by atoms with Gasteiger partial charge in [-0.3, -0.25) is 4.90 Å². The SMILES string of the molecule is CCNc1nc(Nc2cc(F)c(S(=O)(=O)N3CCC(N4CCOCC4)CC3)cc2OC)nc2[nH]cc(C(F)(F)F)c12. The van der Waals surface area contributed by atoms with Crippen molar-refractivity contribution < 1.29 is 35.5 Å². The number of methoxy groups -OCH3 is 1. The van der Waals surface area contributed by atoms with Crippen LogP contribution in [0, 0.1) is 5.82 Å². The molecule has 2 aliphatic heterocycles. The third-order valence-corrected chi connectivity index (χ3v) is 9.20. The zero-order chi connectivity index (χ0) is 29.4. The van der Waals surface area contributed by atoms with Crippen LogP contribution in [0.3, 0.4) is 0 Å². The first-order valence-corrected chi connectivity index (χ1v) is 14.6. The largest absolute Gasteiger partial charge is 0.495 e. The Balaban J connectivity index is 1.40. The lowest BCUT2D eigenvalue weighted by molar-refractivity contribution is -0.136. The van der Waals surface area contributed by atoms with E-state index in [-0.39, 0.29) is 59.9 Å². The molecular weight excluding hydrogens is 570 g/mol. The summed E-state index contributed by atoms with van der Waals surface area (Å²) in [6.07, 6.45) is -2.58. The van der Waals surface area contributed by atoms with E-state index in [1.165, 1.54) is 11.4 Å². The number of nitrogens with zero attached hydrogens (tertiary/aromatic N) is 4. The van der Waals surface area contributed by atoms with Crippen molar-refractivity contribution in [1.29, 1.82) is 0 Å². The minimum Gasteiger partial charge on any atom is -0.495 e. The Kier molecular flexibility index (Phi) is 8.27. The second kappa shape index (κ2) is 11.6. The normalized spacial score (nSPS) is 18.1. The molecule has 3 N–H and O–H groups in total. The van der Waals surface area contributed by atoms with E-state index in [4.69, 9.17) is 9.47 Å². The summed E-state index contributed by atoms with van der Waals surface area (Å²) in [5.74, 6) is -1.25. The van der Waals surface area contributed by atoms with Crippen LogP contribution in [-0.4, -0.2) is 91.7 Å². The number of hydrogen-bond donors (Lipinski definition) is 3. The number of alkyl halides is 3. The number of rotatable bonds is 8. The lowest BCUT2D eigenvalue weighted by Crippen LogP contribution is -2.50. The van der Waals surface area contributed by atoms with Crippen molar-refractivity contribution in [1.82, 2.24) is 24.2 Å². The molecule has 2 fully saturated rings. The molecule has 224 valence electrons. The molecule has 2 aromatic heterocycles. The van der Waals surface area contributed by atoms with E-state index in [0.29, 0.717) is 26.1 Å². The van der Waals surface area contributed by atoms with Crippen molar-refractivity contribution >= 4 is 38.5 Å². The molecule has 16 heteroatoms. The van der Waals surface area contributed by atoms with Gasteiger partial charge in [-0.25, -0.2) is 12.8 Å². The summed E-state index contributed by atoms with van der Waals surface area (Å²) in [6.45, 7) is 5.39. The fraction of sp³-hybridized carbons (Fsp3) is 0.520. The third kappa shape index (κ3) is 5.91. The Bertz CT molecular complexity index is 1500. The summed E-state index contributed by atoms with van der Waals surface area (Å²) >= 11 is 0. The van der Waals surface area contributed by atoms with Crippen molar-refractivity contribution in [3.63, 3.8) is 0 Å². The first-order valence-electron chi connectivity index (χ1n) is 13.2. The topological polar surface area (TPSA) is 125 Å². The fourth-order valence-electron chi connectivity index (χ4n) is 5.26. The number of fused-ring (bicyclic) bond motifs is 1. The number of ether oxygens (including phenoxy) is 2. The maximum atomic E-state index is 15.4. The van der Waals surface area contributed by atoms with Gasteiger partial charge in [-0.05, 0) is 19.8 Å². The number of hydrogen-bond acceptors (Lipinski definition) is 9. The van der Waals surface area contributed by atoms with Crippen molar-refractivity contribution in [2.75, 3.05) is 63.7 Å². The number of benzene rings is 1. The van der Waals surface area contributed by atoms with Crippen molar-refractivity contribution in [3.8, 4) is 5.75 Å². The van der Waals surface area contributed by atoms with E-state index in [2.05, 4.69) is 30.5 Å². The lowest BCUT2D eigenvalue weighted by atomic mass is 10.0. The van der Waals surface area contributed by atoms with Gasteiger partial charge in [0.15, 0.2) is 0 Å². The summed E-state index contributed by atoms with van der Waals surface area (Å²) in [6, 6.07) is 2.27. The van der Waals surface area contributed by atoms with Crippen LogP contribution < -0.4 is 15.4 Å². The van der Waals surface area contributed by atoms with E-state index in [1.807, 2.05) is 0 Å². The predicted molar refractivity (Wildman–Crippen MR) is 143 cm³/mol. The first kappa shape index (κ1) is 29.3. The van der Waals surface area contributed by atoms with Gasteiger partial charge in [0.25, 0.3) is 0 Å². The minimum atomic E-state index is -4.63. The maximum Gasteiger partial charge on any atom is 0.418 e. The zero-order valence-corrected chi connectivity index (χ0v) is 23.3. The third-order valence-electron chi connectivity index (χ3n) is 7.29. The molecule has 3 aromatic rings. The smallest absolute Gasteiger partial charge is 0.418 e. The Morgan fingerprint density at radius 1 is 1.15 bits per heavy atom. The van der Waals surface area contributed by atoms with Gasteiger partial charge in [-0.1, -0.05) is 0 Å². The molecule has 0 radical (unpaired) electrons. The molecular formula is C25H31F4N7O4S. The molecule has 5 rings (SSSR count). The van der Waals surface area contributed by atoms with Gasteiger partial charge in [0.05, 0.1) is 37.0 Å². The van der Waals surface area contributed by atoms with Crippen LogP contribution in [-0.2, 0) is 20.9 Å². The molecule has 1 aromatic carbocycles. The minimum absolute atomic E-state index is 0.000579. The average molecular weight is 602 g/mol. The van der Waals surface area contributed by atoms with Crippen molar-refractivity contribution in [2.24, 2.45) is 0 Å². The zero-order valence-electron chi connectivity index (χ0n) is 22.5. The van der Waals surface area contributed by atoms with E-state index < -0.39 is 32.5 Å². The highest BCUT2D eigenvalue weighted by atomic mass is 32.2. The standard InChI is InChI=1S/C25H31F4N7O4S/c1-3-30-22-21-16(25(27,28)29)14-31-23(21)34-24(33-22)32-18-12-17(26)20(13-19(18)39-2)41(37,38)36-6-4-15(5-7-36)35-8-10-40-11-9-35/h12-15H,3-11H2,1-2H3,(H3,30,31,32,33,34). The molecule has 11 nitrogen and oxygen atoms in total. The summed E-state index contributed by atoms with van der Waals surface area (Å²) < 4.78 is 94.7. The number of aromatic amines is 1. The summed E-state index contributed by atoms with van der Waals surface area (Å²) in [4.78, 5) is 12.5. The van der Waals surface area contributed by atoms with Gasteiger partial charge in [0.1, 0.15) is 27.9 Å². The first-order chi connectivity index (χ1) is 19.5. The van der Waals surface area contributed by atoms with E-state index in [1.54, 1.807) is 6.92 Å². The number of anilines is 3. The quantitative estimate of drug-likeness (QED) is 0.331. The van der Waals surface area contributed by atoms with Crippen LogP contribution in [0.4, 0.5) is 35.0 Å². The van der Waals surface area contributed by atoms with Gasteiger partial charge in [-0.2, -0.15) is 27.4 Å². The molecule has 41 heavy (non-hydrogen) atoms. The van der Waals surface area contributed by atoms with Crippen LogP contribution in [0.2, 0.25) is 0 Å². The van der Waals surface area contributed by atoms with Crippen LogP contribution >= 0.6 is 0 Å². The highest BCUT2D eigenvalue weighted by Gasteiger charge is 2.36. The Morgan fingerprint density at radius 3 is 2.49 bits per heavy atom. The fourth-order valence-corrected chi connectivity index (χ4v) is 6.79. The van der Waals surface area contributed by atoms with Gasteiger partial charge in [0, 0.05) is 57.1 Å². The summed E-state index contributed by atoms with van der Waals surface area (Å²) in [5.41, 5.74) is -1.02. The molecule has 0 atom stereocenters. The lowest BCUT2D eigenvalue weighted by Gasteiger charge is -2.39. The highest BCUT2D eigenvalue weighted by molar-refractivity contribution is 7.89. The van der Waals surface area contributed by atoms with Crippen LogP contribution in [0.5, 0.6) is 5.75 Å². The van der Waals surface area contributed by atoms with E-state index >= 15 is 4.39 Å². The number of H-pyrrole nitrogens is 1. The molecule has 0 spiro atoms. The number of sulfonamides is 1. The van der Waals surface area contributed by atoms with E-state index in [9.17, 15) is 21.6 Å². The van der Waals surface area contributed by atoms with Crippen LogP contribution in [0.15, 0.2) is 23.2 Å². The number of piperidine rings is 1. The Hall–Kier alpha value is -3.21. The number of morpholine rings is 1. The average Bonchev–Trinajstić information content (AvgIpc) is 3.39. The molecule has 0 amide bonds. The molecule has 0 aliphatic carbocycles. The summed E-state index contributed by atoms with van der Waals surface area (Å²) in [5, 5.41) is 5.31. The van der Waals surface area contributed by atoms with Gasteiger partial charge in [-0.15, -0.1) is 0 Å². The molecule has 2 saturated heterocycles. The Labute approximate surface area is 234 Å². The van der Waals surface area contributed by atoms with Crippen LogP contribution in [0.25, 0.3) is 11.0 Å². The number of aromatic nitrogens is 3. The maximum absolute atomic E-state index is 15.4. The van der Waals surface area contributed by atoms with Gasteiger partial charge in [0.2, 0.25) is 16.0 Å². The summed E-state index contributed by atoms with van der Waals surface area (Å²) in [7, 11) is -2.88. The predicted octanol–water partition coefficient (Wildman–Crippen LogP) is 3.79. The highest BCUT2D eigenvalue weighted by Crippen LogP contribution is 2.39. The van der Waals surface area contributed by atoms with Crippen molar-refractivity contribution in [2.45, 2.75) is 36.9 Å². The molecule has 4 heterocycles. The molecule has 0 bridgehead atoms. The molecule has 0 saturated carbocycles. The van der Waals surface area contributed by atoms with Crippen LogP contribution in [0.1, 0.15) is 25.3 Å². The second-order valence-electron chi connectivity index (χ2n) is 9.74. The molecule has 2 aliphatic rings. The van der Waals surface area contributed by atoms with Gasteiger partial charge < -0.3 is 25.1 Å².